The molecule has 0 unspecified atom stereocenters. The Balaban J connectivity index is 1.72. The maximum atomic E-state index is 11.3. The zero-order valence-electron chi connectivity index (χ0n) is 11.9. The number of primary amides is 1. The van der Waals surface area contributed by atoms with Crippen molar-refractivity contribution in [2.24, 2.45) is 5.73 Å². The molecule has 116 valence electrons. The summed E-state index contributed by atoms with van der Waals surface area (Å²) in [6.45, 7) is 1.58. The van der Waals surface area contributed by atoms with Gasteiger partial charge in [0.2, 0.25) is 0 Å². The number of hydrogen-bond donors (Lipinski definition) is 3. The number of anilines is 1. The van der Waals surface area contributed by atoms with Crippen LogP contribution < -0.4 is 11.1 Å². The number of nitrogens with one attached hydrogen (secondary N) is 1. The molecular formula is C15H17N3O3S. The van der Waals surface area contributed by atoms with Gasteiger partial charge in [0.25, 0.3) is 5.91 Å². The molecule has 1 amide bonds. The number of aromatic nitrogens is 1. The second kappa shape index (κ2) is 6.33. The first kappa shape index (κ1) is 14.8. The summed E-state index contributed by atoms with van der Waals surface area (Å²) in [4.78, 5) is 15.8. The molecule has 2 aromatic rings. The van der Waals surface area contributed by atoms with Gasteiger partial charge in [-0.1, -0.05) is 0 Å². The summed E-state index contributed by atoms with van der Waals surface area (Å²) in [7, 11) is 0. The van der Waals surface area contributed by atoms with Crippen molar-refractivity contribution in [3.63, 3.8) is 0 Å². The SMILES string of the molecule is NC(=O)c1cc(-c2csc(NC[C@H]3CCCO3)n2)ccc1O. The van der Waals surface area contributed by atoms with Gasteiger partial charge in [-0.2, -0.15) is 0 Å². The van der Waals surface area contributed by atoms with E-state index >= 15 is 0 Å². The fraction of sp³-hybridized carbons (Fsp3) is 0.333. The molecule has 0 saturated carbocycles. The minimum Gasteiger partial charge on any atom is -0.507 e. The molecule has 22 heavy (non-hydrogen) atoms. The van der Waals surface area contributed by atoms with E-state index in [0.29, 0.717) is 0 Å². The summed E-state index contributed by atoms with van der Waals surface area (Å²) in [6.07, 6.45) is 2.44. The Kier molecular flexibility index (Phi) is 4.26. The van der Waals surface area contributed by atoms with Crippen LogP contribution in [0.2, 0.25) is 0 Å². The zero-order chi connectivity index (χ0) is 15.5. The Morgan fingerprint density at radius 1 is 1.55 bits per heavy atom. The van der Waals surface area contributed by atoms with Gasteiger partial charge in [0.15, 0.2) is 5.13 Å². The quantitative estimate of drug-likeness (QED) is 0.785. The molecule has 0 bridgehead atoms. The third-order valence-electron chi connectivity index (χ3n) is 3.57. The van der Waals surface area contributed by atoms with Crippen LogP contribution in [0.5, 0.6) is 5.75 Å². The van der Waals surface area contributed by atoms with Gasteiger partial charge in [0.05, 0.1) is 17.4 Å². The van der Waals surface area contributed by atoms with E-state index in [1.54, 1.807) is 12.1 Å². The van der Waals surface area contributed by atoms with E-state index in [-0.39, 0.29) is 17.4 Å². The maximum Gasteiger partial charge on any atom is 0.252 e. The standard InChI is InChI=1S/C15H17N3O3S/c16-14(20)11-6-9(3-4-13(11)19)12-8-22-15(18-12)17-7-10-2-1-5-21-10/h3-4,6,8,10,19H,1-2,5,7H2,(H2,16,20)(H,17,18)/t10-/m1/s1. The molecule has 1 fully saturated rings. The number of hydrogen-bond acceptors (Lipinski definition) is 6. The summed E-state index contributed by atoms with van der Waals surface area (Å²) >= 11 is 1.49. The lowest BCUT2D eigenvalue weighted by Gasteiger charge is -2.09. The van der Waals surface area contributed by atoms with E-state index in [9.17, 15) is 9.90 Å². The number of aromatic hydroxyl groups is 1. The number of benzene rings is 1. The van der Waals surface area contributed by atoms with Crippen molar-refractivity contribution in [2.45, 2.75) is 18.9 Å². The van der Waals surface area contributed by atoms with E-state index in [1.165, 1.54) is 17.4 Å². The number of carbonyl (C=O) groups is 1. The highest BCUT2D eigenvalue weighted by Crippen LogP contribution is 2.28. The van der Waals surface area contributed by atoms with Crippen LogP contribution in [0, 0.1) is 0 Å². The maximum absolute atomic E-state index is 11.3. The monoisotopic (exact) mass is 319 g/mol. The molecule has 7 heteroatoms. The minimum atomic E-state index is -0.661. The van der Waals surface area contributed by atoms with E-state index in [1.807, 2.05) is 5.38 Å². The number of ether oxygens (including phenoxy) is 1. The zero-order valence-corrected chi connectivity index (χ0v) is 12.7. The van der Waals surface area contributed by atoms with Gasteiger partial charge in [0, 0.05) is 24.1 Å². The predicted octanol–water partition coefficient (Wildman–Crippen LogP) is 2.21. The fourth-order valence-electron chi connectivity index (χ4n) is 2.39. The van der Waals surface area contributed by atoms with Crippen molar-refractivity contribution in [3.05, 3.63) is 29.1 Å². The van der Waals surface area contributed by atoms with Crippen LogP contribution in [-0.2, 0) is 4.74 Å². The number of phenols is 1. The third-order valence-corrected chi connectivity index (χ3v) is 4.37. The van der Waals surface area contributed by atoms with Gasteiger partial charge in [-0.15, -0.1) is 11.3 Å². The van der Waals surface area contributed by atoms with Crippen molar-refractivity contribution in [1.82, 2.24) is 4.98 Å². The van der Waals surface area contributed by atoms with E-state index < -0.39 is 5.91 Å². The van der Waals surface area contributed by atoms with Gasteiger partial charge in [-0.25, -0.2) is 4.98 Å². The number of thiazole rings is 1. The van der Waals surface area contributed by atoms with Crippen LogP contribution >= 0.6 is 11.3 Å². The fourth-order valence-corrected chi connectivity index (χ4v) is 3.12. The highest BCUT2D eigenvalue weighted by molar-refractivity contribution is 7.14. The van der Waals surface area contributed by atoms with Gasteiger partial charge in [0.1, 0.15) is 5.75 Å². The first-order valence-electron chi connectivity index (χ1n) is 7.07. The number of nitrogens with two attached hydrogens (primary N) is 1. The van der Waals surface area contributed by atoms with Gasteiger partial charge in [-0.3, -0.25) is 4.79 Å². The minimum absolute atomic E-state index is 0.0966. The molecule has 3 rings (SSSR count). The second-order valence-corrected chi connectivity index (χ2v) is 6.01. The number of carbonyl (C=O) groups excluding carboxylic acids is 1. The normalized spacial score (nSPS) is 17.5. The molecule has 1 saturated heterocycles. The summed E-state index contributed by atoms with van der Waals surface area (Å²) in [5, 5.41) is 15.6. The highest BCUT2D eigenvalue weighted by Gasteiger charge is 2.16. The largest absolute Gasteiger partial charge is 0.507 e. The van der Waals surface area contributed by atoms with Crippen molar-refractivity contribution in [2.75, 3.05) is 18.5 Å². The topological polar surface area (TPSA) is 97.5 Å². The Labute approximate surface area is 131 Å². The second-order valence-electron chi connectivity index (χ2n) is 5.15. The van der Waals surface area contributed by atoms with Gasteiger partial charge in [-0.05, 0) is 31.0 Å². The van der Waals surface area contributed by atoms with Gasteiger partial charge < -0.3 is 20.9 Å². The molecular weight excluding hydrogens is 302 g/mol. The molecule has 1 aromatic carbocycles. The Morgan fingerprint density at radius 3 is 3.14 bits per heavy atom. The summed E-state index contributed by atoms with van der Waals surface area (Å²) in [5.74, 6) is -0.783. The van der Waals surface area contributed by atoms with Crippen LogP contribution in [0.1, 0.15) is 23.2 Å². The molecule has 1 aromatic heterocycles. The van der Waals surface area contributed by atoms with Crippen molar-refractivity contribution >= 4 is 22.4 Å². The van der Waals surface area contributed by atoms with Crippen LogP contribution in [0.25, 0.3) is 11.3 Å². The molecule has 0 spiro atoms. The van der Waals surface area contributed by atoms with Gasteiger partial charge >= 0.3 is 0 Å². The number of nitrogens with zero attached hydrogens (tertiary/aromatic N) is 1. The predicted molar refractivity (Wildman–Crippen MR) is 85.2 cm³/mol. The molecule has 6 nitrogen and oxygen atoms in total. The first-order chi connectivity index (χ1) is 10.6. The van der Waals surface area contributed by atoms with E-state index in [0.717, 1.165) is 42.4 Å². The molecule has 2 heterocycles. The summed E-state index contributed by atoms with van der Waals surface area (Å²) in [6, 6.07) is 4.71. The van der Waals surface area contributed by atoms with E-state index in [2.05, 4.69) is 10.3 Å². The summed E-state index contributed by atoms with van der Waals surface area (Å²) < 4.78 is 5.56. The number of amides is 1. The molecule has 4 N–H and O–H groups in total. The smallest absolute Gasteiger partial charge is 0.252 e. The van der Waals surface area contributed by atoms with Crippen LogP contribution in [0.4, 0.5) is 5.13 Å². The first-order valence-corrected chi connectivity index (χ1v) is 7.95. The number of rotatable bonds is 5. The third kappa shape index (κ3) is 3.20. The van der Waals surface area contributed by atoms with Crippen LogP contribution in [0.15, 0.2) is 23.6 Å². The van der Waals surface area contributed by atoms with Crippen LogP contribution in [0.3, 0.4) is 0 Å². The highest BCUT2D eigenvalue weighted by atomic mass is 32.1. The van der Waals surface area contributed by atoms with Crippen molar-refractivity contribution < 1.29 is 14.6 Å². The lowest BCUT2D eigenvalue weighted by Crippen LogP contribution is -2.18. The lowest BCUT2D eigenvalue weighted by molar-refractivity contribution is 0.0997. The molecule has 0 aliphatic carbocycles. The van der Waals surface area contributed by atoms with Crippen LogP contribution in [-0.4, -0.2) is 35.3 Å². The molecule has 1 atom stereocenters. The average molecular weight is 319 g/mol. The Morgan fingerprint density at radius 2 is 2.41 bits per heavy atom. The molecule has 0 radical (unpaired) electrons. The Bertz CT molecular complexity index is 680. The van der Waals surface area contributed by atoms with E-state index in [4.69, 9.17) is 10.5 Å². The van der Waals surface area contributed by atoms with Crippen molar-refractivity contribution in [3.8, 4) is 17.0 Å². The summed E-state index contributed by atoms with van der Waals surface area (Å²) in [5.41, 5.74) is 6.82. The van der Waals surface area contributed by atoms with Crippen molar-refractivity contribution in [1.29, 1.82) is 0 Å². The average Bonchev–Trinajstić information content (AvgIpc) is 3.17. The lowest BCUT2D eigenvalue weighted by atomic mass is 10.1. The molecule has 1 aliphatic heterocycles. The Hall–Kier alpha value is -2.12. The molecule has 1 aliphatic rings.